The lowest BCUT2D eigenvalue weighted by Crippen LogP contribution is -2.19. The maximum atomic E-state index is 3.87. The normalized spacial score (nSPS) is 21.0. The summed E-state index contributed by atoms with van der Waals surface area (Å²) in [7, 11) is 0. The van der Waals surface area contributed by atoms with Crippen LogP contribution in [0.4, 0.5) is 0 Å². The van der Waals surface area contributed by atoms with Crippen molar-refractivity contribution in [3.8, 4) is 0 Å². The predicted molar refractivity (Wildman–Crippen MR) is 110 cm³/mol. The number of hydrogen-bond acceptors (Lipinski definition) is 0. The van der Waals surface area contributed by atoms with Crippen LogP contribution in [0.15, 0.2) is 58.7 Å². The second-order valence-electron chi connectivity index (χ2n) is 8.20. The van der Waals surface area contributed by atoms with Crippen LogP contribution in [0.5, 0.6) is 0 Å². The van der Waals surface area contributed by atoms with Gasteiger partial charge >= 0.3 is 0 Å². The number of rotatable bonds is 7. The van der Waals surface area contributed by atoms with E-state index in [1.54, 1.807) is 11.1 Å². The third kappa shape index (κ3) is 5.96. The third-order valence-electron chi connectivity index (χ3n) is 5.68. The Morgan fingerprint density at radius 3 is 2.33 bits per heavy atom. The van der Waals surface area contributed by atoms with Crippen LogP contribution < -0.4 is 0 Å². The molecule has 0 saturated carbocycles. The van der Waals surface area contributed by atoms with Crippen molar-refractivity contribution in [2.45, 2.75) is 80.6 Å². The molecule has 0 nitrogen and oxygen atoms in total. The summed E-state index contributed by atoms with van der Waals surface area (Å²) in [6.07, 6.45) is 15.3. The molecule has 1 atom stereocenters. The van der Waals surface area contributed by atoms with Gasteiger partial charge in [-0.1, -0.05) is 61.8 Å². The van der Waals surface area contributed by atoms with Gasteiger partial charge in [0.1, 0.15) is 0 Å². The lowest BCUT2D eigenvalue weighted by Gasteiger charge is -2.33. The van der Waals surface area contributed by atoms with E-state index in [-0.39, 0.29) is 0 Å². The first kappa shape index (κ1) is 20.7. The standard InChI is InChI=1S/C24H38/c1-9-18(2)19(3)13-10-11-14-20(4)22(6)17-23-21(5)15-12-16-24(23,7)8/h9,13-14,17-18H,1,10-12,15-16H2,2-8H3. The van der Waals surface area contributed by atoms with E-state index >= 15 is 0 Å². The average Bonchev–Trinajstić information content (AvgIpc) is 2.53. The summed E-state index contributed by atoms with van der Waals surface area (Å²) in [5.41, 5.74) is 7.72. The molecular weight excluding hydrogens is 288 g/mol. The maximum Gasteiger partial charge on any atom is -0.00571 e. The minimum absolute atomic E-state index is 0.324. The molecule has 0 aromatic rings. The fourth-order valence-corrected chi connectivity index (χ4v) is 3.44. The monoisotopic (exact) mass is 326 g/mol. The van der Waals surface area contributed by atoms with Gasteiger partial charge in [0.05, 0.1) is 0 Å². The fourth-order valence-electron chi connectivity index (χ4n) is 3.44. The molecule has 0 aromatic carbocycles. The van der Waals surface area contributed by atoms with E-state index < -0.39 is 0 Å². The highest BCUT2D eigenvalue weighted by Gasteiger charge is 2.26. The number of hydrogen-bond donors (Lipinski definition) is 0. The van der Waals surface area contributed by atoms with Gasteiger partial charge in [0.2, 0.25) is 0 Å². The van der Waals surface area contributed by atoms with Gasteiger partial charge < -0.3 is 0 Å². The minimum atomic E-state index is 0.324. The molecule has 134 valence electrons. The molecule has 0 fully saturated rings. The van der Waals surface area contributed by atoms with Crippen LogP contribution in [0.2, 0.25) is 0 Å². The summed E-state index contributed by atoms with van der Waals surface area (Å²) in [5, 5.41) is 0. The molecule has 0 N–H and O–H groups in total. The van der Waals surface area contributed by atoms with E-state index in [0.717, 1.165) is 12.8 Å². The molecule has 0 amide bonds. The van der Waals surface area contributed by atoms with E-state index in [4.69, 9.17) is 0 Å². The molecule has 0 saturated heterocycles. The molecule has 1 rings (SSSR count). The van der Waals surface area contributed by atoms with Crippen molar-refractivity contribution in [2.24, 2.45) is 11.3 Å². The van der Waals surface area contributed by atoms with Crippen molar-refractivity contribution >= 4 is 0 Å². The van der Waals surface area contributed by atoms with Crippen molar-refractivity contribution in [1.82, 2.24) is 0 Å². The van der Waals surface area contributed by atoms with E-state index in [1.807, 2.05) is 6.08 Å². The molecular formula is C24H38. The summed E-state index contributed by atoms with van der Waals surface area (Å²) >= 11 is 0. The van der Waals surface area contributed by atoms with Crippen molar-refractivity contribution < 1.29 is 0 Å². The van der Waals surface area contributed by atoms with Crippen LogP contribution in [0.1, 0.15) is 80.6 Å². The molecule has 1 aliphatic rings. The Kier molecular flexibility index (Phi) is 8.00. The van der Waals surface area contributed by atoms with Gasteiger partial charge in [-0.05, 0) is 82.3 Å². The Morgan fingerprint density at radius 1 is 1.12 bits per heavy atom. The van der Waals surface area contributed by atoms with Crippen LogP contribution in [-0.4, -0.2) is 0 Å². The zero-order valence-electron chi connectivity index (χ0n) is 17.1. The summed E-state index contributed by atoms with van der Waals surface area (Å²) < 4.78 is 0. The Labute approximate surface area is 151 Å². The van der Waals surface area contributed by atoms with Gasteiger partial charge in [-0.25, -0.2) is 0 Å². The van der Waals surface area contributed by atoms with E-state index in [2.05, 4.69) is 73.3 Å². The highest BCUT2D eigenvalue weighted by molar-refractivity contribution is 5.40. The predicted octanol–water partition coefficient (Wildman–Crippen LogP) is 7.95. The molecule has 0 bridgehead atoms. The van der Waals surface area contributed by atoms with Crippen molar-refractivity contribution in [3.05, 3.63) is 58.7 Å². The van der Waals surface area contributed by atoms with Crippen LogP contribution in [0.3, 0.4) is 0 Å². The molecule has 0 aromatic heterocycles. The molecule has 0 heteroatoms. The first-order chi connectivity index (χ1) is 11.2. The molecule has 1 unspecified atom stereocenters. The van der Waals surface area contributed by atoms with Gasteiger partial charge in [-0.3, -0.25) is 0 Å². The van der Waals surface area contributed by atoms with Gasteiger partial charge in [0.15, 0.2) is 0 Å². The third-order valence-corrected chi connectivity index (χ3v) is 5.68. The van der Waals surface area contributed by atoms with Crippen molar-refractivity contribution in [3.63, 3.8) is 0 Å². The highest BCUT2D eigenvalue weighted by Crippen LogP contribution is 2.41. The van der Waals surface area contributed by atoms with Crippen LogP contribution in [0.25, 0.3) is 0 Å². The second kappa shape index (κ2) is 9.25. The number of allylic oxidation sites excluding steroid dienone is 9. The van der Waals surface area contributed by atoms with Crippen LogP contribution >= 0.6 is 0 Å². The fraction of sp³-hybridized carbons (Fsp3) is 0.583. The van der Waals surface area contributed by atoms with Crippen LogP contribution in [-0.2, 0) is 0 Å². The van der Waals surface area contributed by atoms with E-state index in [0.29, 0.717) is 11.3 Å². The Hall–Kier alpha value is -1.30. The van der Waals surface area contributed by atoms with Gasteiger partial charge in [-0.2, -0.15) is 0 Å². The molecule has 24 heavy (non-hydrogen) atoms. The van der Waals surface area contributed by atoms with E-state index in [1.165, 1.54) is 36.0 Å². The number of unbranched alkanes of at least 4 members (excludes halogenated alkanes) is 1. The smallest absolute Gasteiger partial charge is 0.00571 e. The Balaban J connectivity index is 2.76. The molecule has 0 radical (unpaired) electrons. The summed E-state index contributed by atoms with van der Waals surface area (Å²) in [6, 6.07) is 0. The van der Waals surface area contributed by atoms with Gasteiger partial charge in [-0.15, -0.1) is 6.58 Å². The quantitative estimate of drug-likeness (QED) is 0.253. The maximum absolute atomic E-state index is 3.87. The van der Waals surface area contributed by atoms with Crippen LogP contribution in [0, 0.1) is 11.3 Å². The van der Waals surface area contributed by atoms with Gasteiger partial charge in [0.25, 0.3) is 0 Å². The first-order valence-electron chi connectivity index (χ1n) is 9.54. The zero-order valence-corrected chi connectivity index (χ0v) is 17.1. The molecule has 0 aliphatic heterocycles. The minimum Gasteiger partial charge on any atom is -0.102 e. The Morgan fingerprint density at radius 2 is 1.75 bits per heavy atom. The molecule has 0 spiro atoms. The highest BCUT2D eigenvalue weighted by atomic mass is 14.3. The van der Waals surface area contributed by atoms with Gasteiger partial charge in [0, 0.05) is 0 Å². The molecule has 0 heterocycles. The first-order valence-corrected chi connectivity index (χ1v) is 9.54. The lowest BCUT2D eigenvalue weighted by molar-refractivity contribution is 0.376. The lowest BCUT2D eigenvalue weighted by atomic mass is 9.72. The zero-order chi connectivity index (χ0) is 18.3. The topological polar surface area (TPSA) is 0 Å². The summed E-state index contributed by atoms with van der Waals surface area (Å²) in [4.78, 5) is 0. The second-order valence-corrected chi connectivity index (χ2v) is 8.20. The van der Waals surface area contributed by atoms with E-state index in [9.17, 15) is 0 Å². The average molecular weight is 327 g/mol. The summed E-state index contributed by atoms with van der Waals surface area (Å²) in [5.74, 6) is 0.486. The summed E-state index contributed by atoms with van der Waals surface area (Å²) in [6.45, 7) is 19.9. The van der Waals surface area contributed by atoms with Crippen molar-refractivity contribution in [2.75, 3.05) is 0 Å². The molecule has 1 aliphatic carbocycles. The SMILES string of the molecule is C=CC(C)C(C)=CCCC=C(C)C(C)=CC1=C(C)CCCC1(C)C. The largest absolute Gasteiger partial charge is 0.102 e. The van der Waals surface area contributed by atoms with Crippen molar-refractivity contribution in [1.29, 1.82) is 0 Å². The Bertz CT molecular complexity index is 561.